The summed E-state index contributed by atoms with van der Waals surface area (Å²) in [5.41, 5.74) is 0.735. The third kappa shape index (κ3) is 20.4. The number of amides is 2. The molecule has 8 nitrogen and oxygen atoms in total. The van der Waals surface area contributed by atoms with Crippen molar-refractivity contribution in [1.29, 1.82) is 0 Å². The first-order chi connectivity index (χ1) is 40.4. The van der Waals surface area contributed by atoms with E-state index in [4.69, 9.17) is 18.6 Å². The second-order valence-electron chi connectivity index (χ2n) is 28.3. The third-order valence-electron chi connectivity index (χ3n) is 20.3. The lowest BCUT2D eigenvalue weighted by Gasteiger charge is -2.32. The molecule has 84 heavy (non-hydrogen) atoms. The number of nitrogens with zero attached hydrogens (tertiary/aromatic N) is 2. The van der Waals surface area contributed by atoms with Gasteiger partial charge >= 0.3 is 14.2 Å². The Morgan fingerprint density at radius 1 is 0.357 bits per heavy atom. The van der Waals surface area contributed by atoms with Crippen molar-refractivity contribution in [2.75, 3.05) is 13.1 Å². The third-order valence-corrected chi connectivity index (χ3v) is 22.5. The molecule has 2 fully saturated rings. The maximum Gasteiger partial charge on any atom is 0.505 e. The van der Waals surface area contributed by atoms with Gasteiger partial charge in [-0.2, -0.15) is 0 Å². The smallest absolute Gasteiger partial charge is 0.399 e. The summed E-state index contributed by atoms with van der Waals surface area (Å²) in [6.45, 7) is 27.2. The number of hydrogen-bond acceptors (Lipinski definition) is 8. The van der Waals surface area contributed by atoms with Crippen molar-refractivity contribution >= 4 is 69.7 Å². The Kier molecular flexibility index (Phi) is 30.2. The molecule has 4 aliphatic rings. The summed E-state index contributed by atoms with van der Waals surface area (Å²) in [6, 6.07) is 8.50. The molecule has 0 aliphatic carbocycles. The quantitative estimate of drug-likeness (QED) is 0.0486. The Morgan fingerprint density at radius 3 is 0.845 bits per heavy atom. The van der Waals surface area contributed by atoms with Crippen molar-refractivity contribution in [2.45, 2.75) is 349 Å². The Hall–Kier alpha value is -2.21. The highest BCUT2D eigenvalue weighted by Gasteiger charge is 2.55. The fraction of sp³-hybridized carbons (Fsp3) is 0.806. The van der Waals surface area contributed by atoms with Crippen LogP contribution in [0.2, 0.25) is 0 Å². The number of fused-ring (bicyclic) bond motifs is 1. The van der Waals surface area contributed by atoms with E-state index in [2.05, 4.69) is 107 Å². The molecule has 0 radical (unpaired) electrons. The van der Waals surface area contributed by atoms with Crippen molar-refractivity contribution in [2.24, 2.45) is 11.8 Å². The highest BCUT2D eigenvalue weighted by Crippen LogP contribution is 2.49. The molecule has 0 unspecified atom stereocenters. The van der Waals surface area contributed by atoms with Gasteiger partial charge in [-0.15, -0.1) is 22.7 Å². The molecule has 4 aliphatic heterocycles. The van der Waals surface area contributed by atoms with E-state index in [1.807, 2.05) is 9.80 Å². The zero-order chi connectivity index (χ0) is 60.6. The fourth-order valence-corrected chi connectivity index (χ4v) is 15.3. The monoisotopic (exact) mass is 1200 g/mol. The maximum atomic E-state index is 16.0. The second kappa shape index (κ2) is 35.8. The maximum absolute atomic E-state index is 16.0. The van der Waals surface area contributed by atoms with E-state index < -0.39 is 36.6 Å². The van der Waals surface area contributed by atoms with E-state index in [1.165, 1.54) is 231 Å². The van der Waals surface area contributed by atoms with Gasteiger partial charge in [0.1, 0.15) is 0 Å². The van der Waals surface area contributed by atoms with E-state index >= 15 is 9.59 Å². The molecule has 2 saturated heterocycles. The summed E-state index contributed by atoms with van der Waals surface area (Å²) in [5, 5.41) is 0. The summed E-state index contributed by atoms with van der Waals surface area (Å²) in [4.78, 5) is 38.0. The van der Waals surface area contributed by atoms with Crippen LogP contribution in [0.3, 0.4) is 0 Å². The molecule has 0 N–H and O–H groups in total. The van der Waals surface area contributed by atoms with E-state index in [0.29, 0.717) is 36.1 Å². The highest BCUT2D eigenvalue weighted by molar-refractivity contribution is 7.23. The molecule has 6 rings (SSSR count). The summed E-state index contributed by atoms with van der Waals surface area (Å²) >= 11 is 3.24. The van der Waals surface area contributed by atoms with Crippen molar-refractivity contribution in [3.05, 3.63) is 45.2 Å². The number of carbonyl (C=O) groups is 2. The molecule has 2 aromatic heterocycles. The van der Waals surface area contributed by atoms with Gasteiger partial charge in [-0.25, -0.2) is 0 Å². The van der Waals surface area contributed by atoms with Gasteiger partial charge in [-0.1, -0.05) is 271 Å². The van der Waals surface area contributed by atoms with E-state index in [9.17, 15) is 0 Å². The molecule has 0 aromatic carbocycles. The van der Waals surface area contributed by atoms with Gasteiger partial charge < -0.3 is 28.4 Å². The number of carbonyl (C=O) groups excluding carboxylic acids is 2. The molecular formula is C72H122B2N2O6S2. The van der Waals surface area contributed by atoms with Crippen LogP contribution in [-0.4, -0.2) is 71.3 Å². The van der Waals surface area contributed by atoms with Crippen LogP contribution in [0.5, 0.6) is 0 Å². The molecule has 0 saturated carbocycles. The van der Waals surface area contributed by atoms with Crippen LogP contribution in [0.25, 0.3) is 11.4 Å². The molecule has 12 heteroatoms. The van der Waals surface area contributed by atoms with Gasteiger partial charge in [0, 0.05) is 22.6 Å². The SMILES string of the molecule is CCCCCCCCCCC(CCCCCCCCCC)CCN1C(=O)C2=C(c3ccc(B4OC(C)(C)C(C)(C)O4)s3)N(CCC(CCCCCCCCCC)CCCCCCCCCC)C(=O)C2=C1c1ccc(B2OC(C)(C)C(C)(C)O2)s1. The highest BCUT2D eigenvalue weighted by atomic mass is 32.1. The number of thiophene rings is 2. The molecule has 0 bridgehead atoms. The average molecular weight is 1200 g/mol. The van der Waals surface area contributed by atoms with Crippen LogP contribution in [-0.2, 0) is 28.2 Å². The minimum Gasteiger partial charge on any atom is -0.399 e. The van der Waals surface area contributed by atoms with E-state index in [1.54, 1.807) is 22.7 Å². The minimum atomic E-state index is -0.535. The lowest BCUT2D eigenvalue weighted by atomic mass is 9.88. The largest absolute Gasteiger partial charge is 0.505 e. The van der Waals surface area contributed by atoms with Crippen LogP contribution in [0.4, 0.5) is 0 Å². The number of rotatable bonds is 46. The number of unbranched alkanes of at least 4 members (excludes halogenated alkanes) is 28. The fourth-order valence-electron chi connectivity index (χ4n) is 13.2. The van der Waals surface area contributed by atoms with Gasteiger partial charge in [0.25, 0.3) is 11.8 Å². The van der Waals surface area contributed by atoms with E-state index in [-0.39, 0.29) is 11.8 Å². The summed E-state index contributed by atoms with van der Waals surface area (Å²) in [7, 11) is -1.07. The molecule has 2 aromatic rings. The van der Waals surface area contributed by atoms with Crippen LogP contribution < -0.4 is 9.55 Å². The molecule has 2 amide bonds. The Morgan fingerprint density at radius 2 is 0.595 bits per heavy atom. The van der Waals surface area contributed by atoms with Crippen LogP contribution in [0, 0.1) is 11.8 Å². The van der Waals surface area contributed by atoms with Gasteiger partial charge in [0.15, 0.2) is 0 Å². The lowest BCUT2D eigenvalue weighted by Crippen LogP contribution is -2.41. The molecule has 474 valence electrons. The summed E-state index contributed by atoms with van der Waals surface area (Å²) in [6.07, 6.45) is 48.6. The first kappa shape index (κ1) is 70.9. The Bertz CT molecular complexity index is 2090. The second-order valence-corrected chi connectivity index (χ2v) is 30.5. The lowest BCUT2D eigenvalue weighted by molar-refractivity contribution is -0.124. The Labute approximate surface area is 524 Å². The number of hydrogen-bond donors (Lipinski definition) is 0. The zero-order valence-electron chi connectivity index (χ0n) is 56.1. The standard InChI is InChI=1S/C72H122B2N2O6S2/c1-13-17-21-25-29-33-37-41-45-57(46-42-38-34-30-26-22-18-14-2)53-55-75-65(59-49-51-61(83-59)73-79-69(5,6)70(7,8)80-73)63-64(67(75)77)66(60-50-52-62(84-60)74-81-71(9,10)72(11,12)82-74)76(68(63)78)56-54-58(47-43-39-35-31-27-23-19-15-3)48-44-40-36-32-28-24-20-16-4/h49-52,57-58H,13-48,53-56H2,1-12H3. The van der Waals surface area contributed by atoms with Crippen LogP contribution >= 0.6 is 22.7 Å². The van der Waals surface area contributed by atoms with Crippen molar-refractivity contribution in [3.8, 4) is 0 Å². The Balaban J connectivity index is 1.34. The van der Waals surface area contributed by atoms with Gasteiger partial charge in [0.2, 0.25) is 0 Å². The summed E-state index contributed by atoms with van der Waals surface area (Å²) < 4.78 is 28.5. The van der Waals surface area contributed by atoms with Crippen molar-refractivity contribution < 1.29 is 28.2 Å². The van der Waals surface area contributed by atoms with E-state index in [0.717, 1.165) is 43.5 Å². The molecule has 0 spiro atoms. The zero-order valence-corrected chi connectivity index (χ0v) is 57.7. The predicted molar refractivity (Wildman–Crippen MR) is 362 cm³/mol. The average Bonchev–Trinajstić information content (AvgIpc) is 1.67. The first-order valence-electron chi connectivity index (χ1n) is 35.4. The molecular weight excluding hydrogens is 1070 g/mol. The van der Waals surface area contributed by atoms with Crippen molar-refractivity contribution in [3.63, 3.8) is 0 Å². The van der Waals surface area contributed by atoms with Gasteiger partial charge in [-0.3, -0.25) is 9.59 Å². The predicted octanol–water partition coefficient (Wildman–Crippen LogP) is 20.4. The van der Waals surface area contributed by atoms with Gasteiger partial charge in [-0.05, 0) is 92.2 Å². The topological polar surface area (TPSA) is 77.5 Å². The molecule has 6 heterocycles. The van der Waals surface area contributed by atoms with Crippen LogP contribution in [0.1, 0.15) is 337 Å². The first-order valence-corrected chi connectivity index (χ1v) is 37.1. The van der Waals surface area contributed by atoms with Gasteiger partial charge in [0.05, 0.1) is 54.7 Å². The normalized spacial score (nSPS) is 18.3. The van der Waals surface area contributed by atoms with Crippen LogP contribution in [0.15, 0.2) is 35.4 Å². The van der Waals surface area contributed by atoms with Crippen molar-refractivity contribution in [1.82, 2.24) is 9.80 Å². The minimum absolute atomic E-state index is 0.0330. The summed E-state index contributed by atoms with van der Waals surface area (Å²) in [5.74, 6) is 0.976. The molecule has 0 atom stereocenters.